The van der Waals surface area contributed by atoms with Crippen LogP contribution in [0.4, 0.5) is 0 Å². The molecule has 132 valence electrons. The molecule has 4 rings (SSSR count). The molecular weight excluding hydrogens is 302 g/mol. The third-order valence-corrected chi connectivity index (χ3v) is 8.01. The lowest BCUT2D eigenvalue weighted by Gasteiger charge is -2.56. The van der Waals surface area contributed by atoms with E-state index in [0.29, 0.717) is 18.3 Å². The van der Waals surface area contributed by atoms with E-state index < -0.39 is 0 Å². The maximum absolute atomic E-state index is 12.3. The molecule has 3 fully saturated rings. The highest BCUT2D eigenvalue weighted by Crippen LogP contribution is 2.64. The second-order valence-corrected chi connectivity index (χ2v) is 8.87. The van der Waals surface area contributed by atoms with Gasteiger partial charge in [-0.3, -0.25) is 9.59 Å². The molecule has 1 amide bonds. The Hall–Kier alpha value is -1.32. The van der Waals surface area contributed by atoms with E-state index in [9.17, 15) is 9.59 Å². The zero-order chi connectivity index (χ0) is 17.1. The van der Waals surface area contributed by atoms with Gasteiger partial charge in [0.15, 0.2) is 0 Å². The molecular formula is C20H29NO3. The van der Waals surface area contributed by atoms with Gasteiger partial charge in [-0.25, -0.2) is 0 Å². The monoisotopic (exact) mass is 331 g/mol. The predicted octanol–water partition coefficient (Wildman–Crippen LogP) is 3.22. The van der Waals surface area contributed by atoms with Crippen molar-refractivity contribution in [2.24, 2.45) is 28.6 Å². The molecule has 0 spiro atoms. The van der Waals surface area contributed by atoms with Crippen LogP contribution in [-0.2, 0) is 14.3 Å². The predicted molar refractivity (Wildman–Crippen MR) is 91.0 cm³/mol. The number of rotatable bonds is 1. The van der Waals surface area contributed by atoms with Crippen molar-refractivity contribution in [1.82, 2.24) is 5.32 Å². The van der Waals surface area contributed by atoms with Crippen LogP contribution in [-0.4, -0.2) is 25.0 Å². The molecule has 2 saturated carbocycles. The van der Waals surface area contributed by atoms with Gasteiger partial charge in [0.2, 0.25) is 5.91 Å². The van der Waals surface area contributed by atoms with Crippen molar-refractivity contribution in [1.29, 1.82) is 0 Å². The molecule has 0 bridgehead atoms. The zero-order valence-corrected chi connectivity index (χ0v) is 15.1. The summed E-state index contributed by atoms with van der Waals surface area (Å²) in [7, 11) is 1.51. The number of methoxy groups -OCH3 is 1. The molecule has 4 aliphatic rings. The Kier molecular flexibility index (Phi) is 3.59. The van der Waals surface area contributed by atoms with Crippen molar-refractivity contribution in [3.63, 3.8) is 0 Å². The lowest BCUT2D eigenvalue weighted by Crippen LogP contribution is -2.58. The molecule has 0 aromatic heterocycles. The second kappa shape index (κ2) is 5.34. The number of nitrogens with one attached hydrogen (secondary N) is 1. The molecule has 1 saturated heterocycles. The first-order chi connectivity index (χ1) is 11.4. The van der Waals surface area contributed by atoms with Crippen LogP contribution in [0.5, 0.6) is 0 Å². The Morgan fingerprint density at radius 2 is 1.92 bits per heavy atom. The molecule has 24 heavy (non-hydrogen) atoms. The number of hydrogen-bond donors (Lipinski definition) is 1. The minimum atomic E-state index is -0.0242. The average Bonchev–Trinajstić information content (AvgIpc) is 2.92. The fourth-order valence-electron chi connectivity index (χ4n) is 6.51. The first-order valence-electron chi connectivity index (χ1n) is 9.47. The minimum Gasteiger partial charge on any atom is -0.469 e. The van der Waals surface area contributed by atoms with Crippen LogP contribution in [0.2, 0.25) is 0 Å². The van der Waals surface area contributed by atoms with Gasteiger partial charge in [-0.2, -0.15) is 0 Å². The lowest BCUT2D eigenvalue weighted by atomic mass is 9.50. The van der Waals surface area contributed by atoms with Crippen molar-refractivity contribution in [3.05, 3.63) is 11.6 Å². The SMILES string of the molecule is COC(=O)[C@H]1CC[C@H]2C3=CC[C@H]4NC(=O)CC[C@]4(C)[C@H]3CC[C@]12C. The highest BCUT2D eigenvalue weighted by atomic mass is 16.5. The number of amides is 1. The van der Waals surface area contributed by atoms with E-state index in [4.69, 9.17) is 4.74 Å². The molecule has 3 aliphatic carbocycles. The molecule has 1 aliphatic heterocycles. The topological polar surface area (TPSA) is 55.4 Å². The number of ether oxygens (including phenoxy) is 1. The average molecular weight is 331 g/mol. The Balaban J connectivity index is 1.66. The van der Waals surface area contributed by atoms with E-state index >= 15 is 0 Å². The second-order valence-electron chi connectivity index (χ2n) is 8.87. The molecule has 0 aromatic carbocycles. The molecule has 4 nitrogen and oxygen atoms in total. The normalized spacial score (nSPS) is 47.0. The van der Waals surface area contributed by atoms with Gasteiger partial charge in [0.05, 0.1) is 13.0 Å². The van der Waals surface area contributed by atoms with Crippen molar-refractivity contribution in [2.75, 3.05) is 7.11 Å². The van der Waals surface area contributed by atoms with E-state index in [-0.39, 0.29) is 34.7 Å². The van der Waals surface area contributed by atoms with Crippen LogP contribution >= 0.6 is 0 Å². The Morgan fingerprint density at radius 3 is 2.67 bits per heavy atom. The zero-order valence-electron chi connectivity index (χ0n) is 15.1. The highest BCUT2D eigenvalue weighted by Gasteiger charge is 2.59. The molecule has 0 aromatic rings. The molecule has 1 heterocycles. The number of carbonyl (C=O) groups is 2. The van der Waals surface area contributed by atoms with Crippen molar-refractivity contribution in [2.45, 2.75) is 64.8 Å². The van der Waals surface area contributed by atoms with Gasteiger partial charge < -0.3 is 10.1 Å². The van der Waals surface area contributed by atoms with E-state index in [1.807, 2.05) is 0 Å². The molecule has 6 atom stereocenters. The maximum Gasteiger partial charge on any atom is 0.309 e. The van der Waals surface area contributed by atoms with Crippen LogP contribution < -0.4 is 5.32 Å². The largest absolute Gasteiger partial charge is 0.469 e. The summed E-state index contributed by atoms with van der Waals surface area (Å²) in [5, 5.41) is 3.24. The van der Waals surface area contributed by atoms with Gasteiger partial charge >= 0.3 is 5.97 Å². The number of piperidine rings is 1. The van der Waals surface area contributed by atoms with E-state index in [1.165, 1.54) is 7.11 Å². The van der Waals surface area contributed by atoms with Gasteiger partial charge in [-0.1, -0.05) is 25.5 Å². The van der Waals surface area contributed by atoms with Crippen LogP contribution in [0.3, 0.4) is 0 Å². The summed E-state index contributed by atoms with van der Waals surface area (Å²) >= 11 is 0. The first-order valence-corrected chi connectivity index (χ1v) is 9.47. The Bertz CT molecular complexity index is 612. The summed E-state index contributed by atoms with van der Waals surface area (Å²) in [6.07, 6.45) is 9.29. The third kappa shape index (κ3) is 2.04. The van der Waals surface area contributed by atoms with Gasteiger partial charge in [0.25, 0.3) is 0 Å². The minimum absolute atomic E-state index is 0.0242. The van der Waals surface area contributed by atoms with Gasteiger partial charge in [-0.05, 0) is 61.2 Å². The quantitative estimate of drug-likeness (QED) is 0.593. The Labute approximate surface area is 144 Å². The van der Waals surface area contributed by atoms with Gasteiger partial charge in [0, 0.05) is 12.5 Å². The molecule has 0 unspecified atom stereocenters. The summed E-state index contributed by atoms with van der Waals surface area (Å²) in [4.78, 5) is 24.1. The number of fused-ring (bicyclic) bond motifs is 5. The number of esters is 1. The number of carbonyl (C=O) groups excluding carboxylic acids is 2. The third-order valence-electron chi connectivity index (χ3n) is 8.01. The van der Waals surface area contributed by atoms with Crippen LogP contribution in [0.1, 0.15) is 58.8 Å². The summed E-state index contributed by atoms with van der Waals surface area (Å²) in [5.41, 5.74) is 1.82. The van der Waals surface area contributed by atoms with E-state index in [1.54, 1.807) is 5.57 Å². The summed E-state index contributed by atoms with van der Waals surface area (Å²) in [5.74, 6) is 1.30. The maximum atomic E-state index is 12.3. The van der Waals surface area contributed by atoms with Crippen LogP contribution in [0.25, 0.3) is 0 Å². The summed E-state index contributed by atoms with van der Waals surface area (Å²) in [6, 6.07) is 0.287. The Morgan fingerprint density at radius 1 is 1.17 bits per heavy atom. The van der Waals surface area contributed by atoms with E-state index in [0.717, 1.165) is 38.5 Å². The van der Waals surface area contributed by atoms with E-state index in [2.05, 4.69) is 25.2 Å². The summed E-state index contributed by atoms with van der Waals surface area (Å²) in [6.45, 7) is 4.69. The summed E-state index contributed by atoms with van der Waals surface area (Å²) < 4.78 is 5.10. The highest BCUT2D eigenvalue weighted by molar-refractivity contribution is 5.77. The smallest absolute Gasteiger partial charge is 0.309 e. The fraction of sp³-hybridized carbons (Fsp3) is 0.800. The van der Waals surface area contributed by atoms with Crippen molar-refractivity contribution in [3.8, 4) is 0 Å². The first kappa shape index (κ1) is 16.2. The molecule has 1 N–H and O–H groups in total. The van der Waals surface area contributed by atoms with Gasteiger partial charge in [-0.15, -0.1) is 0 Å². The van der Waals surface area contributed by atoms with Crippen LogP contribution in [0.15, 0.2) is 11.6 Å². The van der Waals surface area contributed by atoms with Gasteiger partial charge in [0.1, 0.15) is 0 Å². The van der Waals surface area contributed by atoms with Crippen molar-refractivity contribution < 1.29 is 14.3 Å². The molecule has 0 radical (unpaired) electrons. The fourth-order valence-corrected chi connectivity index (χ4v) is 6.51. The number of allylic oxidation sites excluding steroid dienone is 1. The lowest BCUT2D eigenvalue weighted by molar-refractivity contribution is -0.150. The van der Waals surface area contributed by atoms with Crippen LogP contribution in [0, 0.1) is 28.6 Å². The van der Waals surface area contributed by atoms with Crippen molar-refractivity contribution >= 4 is 11.9 Å². The standard InChI is InChI=1S/C20H29NO3/c1-19-10-8-14-12(13(19)5-6-15(19)18(23)24-3)4-7-16-20(14,2)11-9-17(22)21-16/h4,13-16H,5-11H2,1-3H3,(H,21,22)/t13-,14-,15+,16+,19-,20+/m0/s1. The molecule has 4 heteroatoms. The number of hydrogen-bond acceptors (Lipinski definition) is 3.